The van der Waals surface area contributed by atoms with Gasteiger partial charge < -0.3 is 19.8 Å². The number of amides is 1. The second-order valence-electron chi connectivity index (χ2n) is 9.87. The molecule has 1 aliphatic heterocycles. The van der Waals surface area contributed by atoms with Crippen molar-refractivity contribution in [1.29, 1.82) is 0 Å². The molecule has 1 aliphatic rings. The van der Waals surface area contributed by atoms with Crippen molar-refractivity contribution >= 4 is 11.6 Å². The largest absolute Gasteiger partial charge is 0.493 e. The average Bonchev–Trinajstić information content (AvgIpc) is 3.47. The normalized spacial score (nSPS) is 12.6. The van der Waals surface area contributed by atoms with Crippen molar-refractivity contribution < 1.29 is 14.3 Å². The number of hydrogen-bond donors (Lipinski definition) is 2. The van der Waals surface area contributed by atoms with Gasteiger partial charge in [0, 0.05) is 43.7 Å². The summed E-state index contributed by atoms with van der Waals surface area (Å²) in [4.78, 5) is 38.2. The van der Waals surface area contributed by atoms with Gasteiger partial charge in [0.15, 0.2) is 17.3 Å². The van der Waals surface area contributed by atoms with Crippen LogP contribution in [0, 0.1) is 20.8 Å². The number of nitrogens with one attached hydrogen (secondary N) is 2. The summed E-state index contributed by atoms with van der Waals surface area (Å²) >= 11 is 0. The third kappa shape index (κ3) is 5.16. The fourth-order valence-corrected chi connectivity index (χ4v) is 5.29. The molecule has 0 fully saturated rings. The lowest BCUT2D eigenvalue weighted by molar-refractivity contribution is 0.0942. The Hall–Kier alpha value is -4.60. The lowest BCUT2D eigenvalue weighted by Crippen LogP contribution is -2.44. The molecule has 3 heterocycles. The molecule has 0 spiro atoms. The fraction of sp³-hybridized carbons (Fsp3) is 0.333. The zero-order chi connectivity index (χ0) is 28.4. The molecule has 0 bridgehead atoms. The first kappa shape index (κ1) is 27.0. The molecule has 0 saturated heterocycles. The second kappa shape index (κ2) is 11.3. The van der Waals surface area contributed by atoms with Crippen LogP contribution in [-0.4, -0.2) is 45.3 Å². The number of aromatic amines is 1. The summed E-state index contributed by atoms with van der Waals surface area (Å²) in [6, 6.07) is 10.1. The van der Waals surface area contributed by atoms with Gasteiger partial charge in [-0.3, -0.25) is 13.9 Å². The maximum Gasteiger partial charge on any atom is 0.330 e. The van der Waals surface area contributed by atoms with Gasteiger partial charge in [-0.25, -0.2) is 14.8 Å². The monoisotopic (exact) mass is 542 g/mol. The SMILES string of the molecule is CCOc1cc2c(cc1OC)-c1c/c(=N\c3c(C)cc(C)cc3C)n(CCNC(=O)c3ncc[nH]3)c(=O)n1CC2. The summed E-state index contributed by atoms with van der Waals surface area (Å²) < 4.78 is 14.8. The van der Waals surface area contributed by atoms with Crippen LogP contribution in [0.15, 0.2) is 52.5 Å². The van der Waals surface area contributed by atoms with Crippen molar-refractivity contribution in [2.24, 2.45) is 4.99 Å². The number of carbonyl (C=O) groups excluding carboxylic acids is 1. The topological polar surface area (TPSA) is 116 Å². The third-order valence-corrected chi connectivity index (χ3v) is 7.06. The van der Waals surface area contributed by atoms with E-state index >= 15 is 0 Å². The summed E-state index contributed by atoms with van der Waals surface area (Å²) in [6.07, 6.45) is 3.79. The molecule has 0 atom stereocenters. The molecule has 10 nitrogen and oxygen atoms in total. The van der Waals surface area contributed by atoms with E-state index in [0.29, 0.717) is 36.6 Å². The number of fused-ring (bicyclic) bond motifs is 3. The summed E-state index contributed by atoms with van der Waals surface area (Å²) in [5.41, 5.74) is 7.11. The molecule has 2 N–H and O–H groups in total. The minimum absolute atomic E-state index is 0.190. The van der Waals surface area contributed by atoms with E-state index in [0.717, 1.165) is 39.2 Å². The molecule has 1 amide bonds. The Kier molecular flexibility index (Phi) is 7.59. The predicted octanol–water partition coefficient (Wildman–Crippen LogP) is 3.59. The molecule has 5 rings (SSSR count). The lowest BCUT2D eigenvalue weighted by Gasteiger charge is -2.25. The first-order valence-electron chi connectivity index (χ1n) is 13.4. The highest BCUT2D eigenvalue weighted by Crippen LogP contribution is 2.37. The van der Waals surface area contributed by atoms with Crippen molar-refractivity contribution in [2.45, 2.75) is 47.2 Å². The van der Waals surface area contributed by atoms with Crippen LogP contribution in [0.5, 0.6) is 11.5 Å². The van der Waals surface area contributed by atoms with Crippen LogP contribution in [0.3, 0.4) is 0 Å². The minimum atomic E-state index is -0.335. The number of imidazole rings is 1. The quantitative estimate of drug-likeness (QED) is 0.353. The van der Waals surface area contributed by atoms with Crippen LogP contribution in [0.1, 0.15) is 39.8 Å². The summed E-state index contributed by atoms with van der Waals surface area (Å²) in [7, 11) is 1.61. The van der Waals surface area contributed by atoms with Gasteiger partial charge in [0.1, 0.15) is 5.49 Å². The summed E-state index contributed by atoms with van der Waals surface area (Å²) in [5, 5.41) is 2.84. The maximum atomic E-state index is 14.0. The molecule has 0 unspecified atom stereocenters. The van der Waals surface area contributed by atoms with Gasteiger partial charge in [-0.05, 0) is 62.9 Å². The van der Waals surface area contributed by atoms with Crippen LogP contribution in [0.25, 0.3) is 11.3 Å². The van der Waals surface area contributed by atoms with Gasteiger partial charge >= 0.3 is 5.69 Å². The van der Waals surface area contributed by atoms with E-state index in [1.54, 1.807) is 22.4 Å². The highest BCUT2D eigenvalue weighted by Gasteiger charge is 2.23. The average molecular weight is 543 g/mol. The van der Waals surface area contributed by atoms with Gasteiger partial charge in [0.05, 0.1) is 25.1 Å². The van der Waals surface area contributed by atoms with Gasteiger partial charge in [-0.2, -0.15) is 0 Å². The van der Waals surface area contributed by atoms with Crippen molar-refractivity contribution in [3.8, 4) is 22.8 Å². The zero-order valence-corrected chi connectivity index (χ0v) is 23.5. The number of aryl methyl sites for hydroxylation is 4. The van der Waals surface area contributed by atoms with Gasteiger partial charge in [0.25, 0.3) is 5.91 Å². The van der Waals surface area contributed by atoms with Gasteiger partial charge in [-0.1, -0.05) is 17.7 Å². The Morgan fingerprint density at radius 1 is 1.12 bits per heavy atom. The number of nitrogens with zero attached hydrogens (tertiary/aromatic N) is 4. The number of ether oxygens (including phenoxy) is 2. The van der Waals surface area contributed by atoms with Crippen molar-refractivity contribution in [3.63, 3.8) is 0 Å². The highest BCUT2D eigenvalue weighted by molar-refractivity contribution is 5.90. The number of hydrogen-bond acceptors (Lipinski definition) is 6. The van der Waals surface area contributed by atoms with E-state index < -0.39 is 0 Å². The molecule has 40 heavy (non-hydrogen) atoms. The van der Waals surface area contributed by atoms with Gasteiger partial charge in [0.2, 0.25) is 0 Å². The number of methoxy groups -OCH3 is 1. The summed E-state index contributed by atoms with van der Waals surface area (Å²) in [5.74, 6) is 1.19. The second-order valence-corrected chi connectivity index (χ2v) is 9.87. The molecule has 208 valence electrons. The van der Waals surface area contributed by atoms with Crippen molar-refractivity contribution in [3.05, 3.63) is 86.8 Å². The van der Waals surface area contributed by atoms with E-state index in [1.807, 2.05) is 39.0 Å². The Bertz CT molecular complexity index is 1680. The molecular formula is C30H34N6O4. The molecule has 2 aromatic heterocycles. The molecule has 10 heteroatoms. The number of aromatic nitrogens is 4. The molecule has 0 radical (unpaired) electrons. The Morgan fingerprint density at radius 3 is 2.58 bits per heavy atom. The van der Waals surface area contributed by atoms with Crippen LogP contribution in [0.2, 0.25) is 0 Å². The number of benzene rings is 2. The highest BCUT2D eigenvalue weighted by atomic mass is 16.5. The smallest absolute Gasteiger partial charge is 0.330 e. The lowest BCUT2D eigenvalue weighted by atomic mass is 9.97. The third-order valence-electron chi connectivity index (χ3n) is 7.06. The molecule has 0 aliphatic carbocycles. The number of carbonyl (C=O) groups is 1. The molecule has 0 saturated carbocycles. The first-order valence-corrected chi connectivity index (χ1v) is 13.4. The Labute approximate surface area is 232 Å². The molecule has 2 aromatic carbocycles. The fourth-order valence-electron chi connectivity index (χ4n) is 5.29. The van der Waals surface area contributed by atoms with Crippen molar-refractivity contribution in [2.75, 3.05) is 20.3 Å². The molecule has 4 aromatic rings. The van der Waals surface area contributed by atoms with E-state index in [-0.39, 0.29) is 30.5 Å². The van der Waals surface area contributed by atoms with Crippen LogP contribution >= 0.6 is 0 Å². The predicted molar refractivity (Wildman–Crippen MR) is 152 cm³/mol. The molecular weight excluding hydrogens is 508 g/mol. The maximum absolute atomic E-state index is 14.0. The Balaban J connectivity index is 1.64. The van der Waals surface area contributed by atoms with E-state index in [4.69, 9.17) is 14.5 Å². The van der Waals surface area contributed by atoms with E-state index in [9.17, 15) is 9.59 Å². The van der Waals surface area contributed by atoms with E-state index in [2.05, 4.69) is 34.3 Å². The zero-order valence-electron chi connectivity index (χ0n) is 23.5. The summed E-state index contributed by atoms with van der Waals surface area (Å²) in [6.45, 7) is 9.55. The van der Waals surface area contributed by atoms with Crippen LogP contribution in [-0.2, 0) is 19.5 Å². The first-order chi connectivity index (χ1) is 19.3. The van der Waals surface area contributed by atoms with Crippen LogP contribution in [0.4, 0.5) is 5.69 Å². The minimum Gasteiger partial charge on any atom is -0.493 e. The van der Waals surface area contributed by atoms with Crippen LogP contribution < -0.4 is 26.0 Å². The van der Waals surface area contributed by atoms with E-state index in [1.165, 1.54) is 6.20 Å². The standard InChI is InChI=1S/C30H34N6O4/c1-6-40-25-15-21-7-11-35-23(22(21)16-24(25)39-5)17-26(34-27-19(3)13-18(2)14-20(27)4)36(30(35)38)12-10-33-29(37)28-31-8-9-32-28/h8-9,13-17H,6-7,10-12H2,1-5H3,(H,31,32)(H,33,37)/b34-26+. The number of H-pyrrole nitrogens is 1. The Morgan fingerprint density at radius 2 is 1.90 bits per heavy atom. The van der Waals surface area contributed by atoms with Crippen molar-refractivity contribution in [1.82, 2.24) is 24.4 Å². The number of rotatable bonds is 8. The van der Waals surface area contributed by atoms with Gasteiger partial charge in [-0.15, -0.1) is 0 Å².